The Hall–Kier alpha value is -2.53. The summed E-state index contributed by atoms with van der Waals surface area (Å²) in [6, 6.07) is 27.2. The molecular formula is C38H48O2P2. The zero-order valence-electron chi connectivity index (χ0n) is 27.6. The van der Waals surface area contributed by atoms with Crippen molar-refractivity contribution in [3.8, 4) is 16.9 Å². The van der Waals surface area contributed by atoms with Crippen LogP contribution < -0.4 is 4.52 Å². The van der Waals surface area contributed by atoms with Crippen LogP contribution >= 0.6 is 16.6 Å². The second-order valence-electron chi connectivity index (χ2n) is 15.5. The summed E-state index contributed by atoms with van der Waals surface area (Å²) in [5.74, 6) is 0.985. The van der Waals surface area contributed by atoms with Gasteiger partial charge in [-0.2, -0.15) is 0 Å². The fourth-order valence-electron chi connectivity index (χ4n) is 5.61. The summed E-state index contributed by atoms with van der Waals surface area (Å²) in [6.07, 6.45) is 0. The van der Waals surface area contributed by atoms with Gasteiger partial charge in [0.2, 0.25) is 0 Å². The molecule has 0 radical (unpaired) electrons. The van der Waals surface area contributed by atoms with Gasteiger partial charge in [-0.1, -0.05) is 123 Å². The molecule has 0 saturated heterocycles. The SMILES string of the molecule is CC(C)(C)P=O.CC(C)(C)c1cc(OP(C(C)(C)C)C(C)(C)C)cc(-c2ccc3ccc4cccc5ccc2c3c45)c1. The molecule has 0 aliphatic heterocycles. The highest BCUT2D eigenvalue weighted by atomic mass is 31.1. The molecule has 0 spiro atoms. The van der Waals surface area contributed by atoms with Crippen LogP contribution in [0.15, 0.2) is 72.8 Å². The summed E-state index contributed by atoms with van der Waals surface area (Å²) in [5, 5.41) is 8.05. The van der Waals surface area contributed by atoms with Gasteiger partial charge in [-0.3, -0.25) is 4.57 Å². The Morgan fingerprint density at radius 1 is 0.619 bits per heavy atom. The van der Waals surface area contributed by atoms with Crippen molar-refractivity contribution in [2.45, 2.75) is 104 Å². The minimum Gasteiger partial charge on any atom is -0.473 e. The first-order valence-electron chi connectivity index (χ1n) is 14.9. The molecule has 42 heavy (non-hydrogen) atoms. The van der Waals surface area contributed by atoms with E-state index in [4.69, 9.17) is 4.52 Å². The molecule has 5 aromatic rings. The van der Waals surface area contributed by atoms with Crippen molar-refractivity contribution in [2.24, 2.45) is 0 Å². The zero-order valence-corrected chi connectivity index (χ0v) is 29.4. The maximum atomic E-state index is 9.92. The first-order valence-corrected chi connectivity index (χ1v) is 17.0. The standard InChI is InChI=1S/C34H39OP.C4H9OP/c1-32(2,3)26-19-25(20-27(21-26)35-36(33(4,5)6)34(7,8)9)28-17-15-24-14-13-22-11-10-12-23-16-18-29(28)31(24)30(22)23;1-4(2,3)6-5/h10-21H,1-9H3;1-3H3. The van der Waals surface area contributed by atoms with Crippen molar-refractivity contribution < 1.29 is 9.09 Å². The number of hydrogen-bond acceptors (Lipinski definition) is 2. The fraction of sp³-hybridized carbons (Fsp3) is 0.421. The second kappa shape index (κ2) is 11.5. The first kappa shape index (κ1) is 32.4. The maximum Gasteiger partial charge on any atom is 0.161 e. The summed E-state index contributed by atoms with van der Waals surface area (Å²) in [6.45, 7) is 26.4. The number of benzene rings is 5. The van der Waals surface area contributed by atoms with E-state index in [2.05, 4.69) is 135 Å². The molecule has 2 nitrogen and oxygen atoms in total. The summed E-state index contributed by atoms with van der Waals surface area (Å²) in [7, 11) is -0.492. The third-order valence-corrected chi connectivity index (χ3v) is 10.7. The minimum absolute atomic E-state index is 0.0180. The minimum atomic E-state index is -0.716. The Balaban J connectivity index is 0.000000612. The normalized spacial score (nSPS) is 13.3. The Morgan fingerprint density at radius 2 is 1.12 bits per heavy atom. The molecule has 0 aliphatic carbocycles. The van der Waals surface area contributed by atoms with Gasteiger partial charge in [-0.25, -0.2) is 0 Å². The third-order valence-electron chi connectivity index (χ3n) is 7.30. The van der Waals surface area contributed by atoms with E-state index in [1.54, 1.807) is 0 Å². The Bertz CT molecular complexity index is 1680. The van der Waals surface area contributed by atoms with E-state index in [1.165, 1.54) is 49.0 Å². The highest BCUT2D eigenvalue weighted by molar-refractivity contribution is 7.56. The van der Waals surface area contributed by atoms with Crippen LogP contribution in [0.3, 0.4) is 0 Å². The highest BCUT2D eigenvalue weighted by Gasteiger charge is 2.38. The summed E-state index contributed by atoms with van der Waals surface area (Å²) < 4.78 is 16.9. The van der Waals surface area contributed by atoms with E-state index in [0.717, 1.165) is 5.75 Å². The van der Waals surface area contributed by atoms with Gasteiger partial charge in [0.15, 0.2) is 8.46 Å². The lowest BCUT2D eigenvalue weighted by atomic mass is 9.84. The van der Waals surface area contributed by atoms with Gasteiger partial charge in [0.25, 0.3) is 0 Å². The largest absolute Gasteiger partial charge is 0.473 e. The van der Waals surface area contributed by atoms with Gasteiger partial charge >= 0.3 is 0 Å². The Morgan fingerprint density at radius 3 is 1.62 bits per heavy atom. The van der Waals surface area contributed by atoms with Gasteiger partial charge in [-0.15, -0.1) is 0 Å². The van der Waals surface area contributed by atoms with E-state index in [0.29, 0.717) is 0 Å². The van der Waals surface area contributed by atoms with E-state index >= 15 is 0 Å². The lowest BCUT2D eigenvalue weighted by Crippen LogP contribution is -2.27. The molecule has 0 unspecified atom stereocenters. The molecule has 0 fully saturated rings. The van der Waals surface area contributed by atoms with E-state index in [-0.39, 0.29) is 29.3 Å². The van der Waals surface area contributed by atoms with E-state index in [1.807, 2.05) is 20.8 Å². The first-order chi connectivity index (χ1) is 19.3. The topological polar surface area (TPSA) is 26.3 Å². The zero-order chi connectivity index (χ0) is 31.3. The van der Waals surface area contributed by atoms with Gasteiger partial charge in [0, 0.05) is 15.5 Å². The smallest absolute Gasteiger partial charge is 0.161 e. The van der Waals surface area contributed by atoms with Gasteiger partial charge < -0.3 is 4.52 Å². The molecule has 0 amide bonds. The van der Waals surface area contributed by atoms with Crippen LogP contribution in [-0.4, -0.2) is 15.5 Å². The van der Waals surface area contributed by atoms with Crippen molar-refractivity contribution >= 4 is 48.9 Å². The van der Waals surface area contributed by atoms with Crippen LogP contribution in [0.5, 0.6) is 5.75 Å². The van der Waals surface area contributed by atoms with Crippen LogP contribution in [0.2, 0.25) is 0 Å². The molecule has 4 heteroatoms. The van der Waals surface area contributed by atoms with E-state index < -0.39 is 8.15 Å². The average molecular weight is 599 g/mol. The van der Waals surface area contributed by atoms with Crippen LogP contribution in [0, 0.1) is 0 Å². The summed E-state index contributed by atoms with van der Waals surface area (Å²) in [4.78, 5) is 0. The highest BCUT2D eigenvalue weighted by Crippen LogP contribution is 2.60. The molecular weight excluding hydrogens is 550 g/mol. The quantitative estimate of drug-likeness (QED) is 0.153. The summed E-state index contributed by atoms with van der Waals surface area (Å²) in [5.41, 5.74) is 3.82. The molecule has 0 aliphatic rings. The number of hydrogen-bond donors (Lipinski definition) is 0. The maximum absolute atomic E-state index is 9.92. The van der Waals surface area contributed by atoms with Gasteiger partial charge in [0.1, 0.15) is 5.75 Å². The molecule has 5 aromatic carbocycles. The molecule has 5 rings (SSSR count). The molecule has 0 atom stereocenters. The molecule has 222 valence electrons. The van der Waals surface area contributed by atoms with Crippen LogP contribution in [-0.2, 0) is 9.98 Å². The lowest BCUT2D eigenvalue weighted by Gasteiger charge is -2.40. The van der Waals surface area contributed by atoms with Gasteiger partial charge in [-0.05, 0) is 87.3 Å². The van der Waals surface area contributed by atoms with Crippen molar-refractivity contribution in [3.05, 3.63) is 78.4 Å². The van der Waals surface area contributed by atoms with Crippen LogP contribution in [0.1, 0.15) is 88.6 Å². The van der Waals surface area contributed by atoms with E-state index in [9.17, 15) is 4.57 Å². The van der Waals surface area contributed by atoms with Crippen LogP contribution in [0.25, 0.3) is 43.4 Å². The van der Waals surface area contributed by atoms with Crippen molar-refractivity contribution in [3.63, 3.8) is 0 Å². The predicted molar refractivity (Wildman–Crippen MR) is 189 cm³/mol. The third kappa shape index (κ3) is 7.15. The predicted octanol–water partition coefficient (Wildman–Crippen LogP) is 13.0. The van der Waals surface area contributed by atoms with Crippen molar-refractivity contribution in [1.82, 2.24) is 0 Å². The molecule has 0 saturated carbocycles. The number of rotatable bonds is 3. The second-order valence-corrected chi connectivity index (χ2v) is 20.4. The lowest BCUT2D eigenvalue weighted by molar-refractivity contribution is 0.528. The van der Waals surface area contributed by atoms with Crippen molar-refractivity contribution in [1.29, 1.82) is 0 Å². The molecule has 0 aromatic heterocycles. The molecule has 0 bridgehead atoms. The molecule has 0 heterocycles. The van der Waals surface area contributed by atoms with Crippen molar-refractivity contribution in [2.75, 3.05) is 0 Å². The Kier molecular flexibility index (Phi) is 8.88. The monoisotopic (exact) mass is 598 g/mol. The van der Waals surface area contributed by atoms with Gasteiger partial charge in [0.05, 0.1) is 8.15 Å². The fourth-order valence-corrected chi connectivity index (χ4v) is 8.49. The average Bonchev–Trinajstić information content (AvgIpc) is 2.88. The molecule has 0 N–H and O–H groups in total. The summed E-state index contributed by atoms with van der Waals surface area (Å²) >= 11 is 0. The Labute approximate surface area is 256 Å². The van der Waals surface area contributed by atoms with Crippen LogP contribution in [0.4, 0.5) is 0 Å².